The number of rotatable bonds is 2. The molecule has 2 rings (SSSR count). The van der Waals surface area contributed by atoms with Crippen LogP contribution < -0.4 is 0 Å². The van der Waals surface area contributed by atoms with Gasteiger partial charge in [0, 0.05) is 6.20 Å². The summed E-state index contributed by atoms with van der Waals surface area (Å²) in [6.45, 7) is 0. The van der Waals surface area contributed by atoms with Crippen LogP contribution in [0.5, 0.6) is 0 Å². The van der Waals surface area contributed by atoms with E-state index in [1.807, 2.05) is 0 Å². The van der Waals surface area contributed by atoms with E-state index in [1.165, 1.54) is 6.33 Å². The van der Waals surface area contributed by atoms with Gasteiger partial charge in [0.05, 0.1) is 5.88 Å². The highest BCUT2D eigenvalue weighted by atomic mass is 35.5. The molecule has 0 aliphatic carbocycles. The summed E-state index contributed by atoms with van der Waals surface area (Å²) < 4.78 is 0. The predicted octanol–water partition coefficient (Wildman–Crippen LogP) is 1.00. The lowest BCUT2D eigenvalue weighted by Gasteiger charge is -1.89. The van der Waals surface area contributed by atoms with Crippen molar-refractivity contribution >= 4 is 11.6 Å². The minimum absolute atomic E-state index is 0.318. The first-order valence-corrected chi connectivity index (χ1v) is 4.17. The summed E-state index contributed by atoms with van der Waals surface area (Å²) in [5, 5.41) is 6.65. The fraction of sp³-hybridized carbons (Fsp3) is 0.143. The zero-order valence-corrected chi connectivity index (χ0v) is 7.36. The highest BCUT2D eigenvalue weighted by molar-refractivity contribution is 6.16. The molecule has 2 aromatic rings. The second-order valence-corrected chi connectivity index (χ2v) is 2.60. The van der Waals surface area contributed by atoms with E-state index in [1.54, 1.807) is 12.3 Å². The standard InChI is InChI=1S/C7H6ClN5/c8-3-6-11-7(13-12-6)5-1-2-9-4-10-5/h1-2,4H,3H2,(H,11,12,13). The Labute approximate surface area is 79.2 Å². The van der Waals surface area contributed by atoms with Gasteiger partial charge >= 0.3 is 0 Å². The van der Waals surface area contributed by atoms with Gasteiger partial charge in [-0.25, -0.2) is 15.0 Å². The third-order valence-corrected chi connectivity index (χ3v) is 1.72. The van der Waals surface area contributed by atoms with Crippen LogP contribution in [0.25, 0.3) is 11.5 Å². The molecule has 0 atom stereocenters. The van der Waals surface area contributed by atoms with Crippen molar-refractivity contribution in [3.8, 4) is 11.5 Å². The molecule has 0 saturated carbocycles. The molecule has 2 aromatic heterocycles. The van der Waals surface area contributed by atoms with Gasteiger partial charge in [0.25, 0.3) is 0 Å². The molecule has 2 heterocycles. The van der Waals surface area contributed by atoms with E-state index in [0.29, 0.717) is 23.2 Å². The number of H-pyrrole nitrogens is 1. The number of halogens is 1. The van der Waals surface area contributed by atoms with E-state index in [-0.39, 0.29) is 0 Å². The highest BCUT2D eigenvalue weighted by Crippen LogP contribution is 2.09. The van der Waals surface area contributed by atoms with Crippen molar-refractivity contribution in [1.82, 2.24) is 25.1 Å². The highest BCUT2D eigenvalue weighted by Gasteiger charge is 2.04. The average molecular weight is 196 g/mol. The van der Waals surface area contributed by atoms with Crippen LogP contribution in [0.2, 0.25) is 0 Å². The molecule has 0 radical (unpaired) electrons. The van der Waals surface area contributed by atoms with Crippen molar-refractivity contribution in [3.05, 3.63) is 24.4 Å². The summed E-state index contributed by atoms with van der Waals surface area (Å²) in [5.74, 6) is 1.49. The van der Waals surface area contributed by atoms with E-state index in [2.05, 4.69) is 25.1 Å². The molecule has 0 spiro atoms. The van der Waals surface area contributed by atoms with E-state index in [4.69, 9.17) is 11.6 Å². The summed E-state index contributed by atoms with van der Waals surface area (Å²) in [5.41, 5.74) is 0.683. The molecule has 0 aliphatic rings. The molecule has 66 valence electrons. The number of aromatic amines is 1. The molecular weight excluding hydrogens is 190 g/mol. The Kier molecular flexibility index (Phi) is 2.18. The number of alkyl halides is 1. The average Bonchev–Trinajstić information content (AvgIpc) is 2.67. The van der Waals surface area contributed by atoms with Gasteiger partial charge in [0.1, 0.15) is 17.8 Å². The lowest BCUT2D eigenvalue weighted by atomic mass is 10.4. The lowest BCUT2D eigenvalue weighted by molar-refractivity contribution is 1.02. The maximum Gasteiger partial charge on any atom is 0.199 e. The molecule has 0 aliphatic heterocycles. The first kappa shape index (κ1) is 8.12. The minimum atomic E-state index is 0.318. The van der Waals surface area contributed by atoms with E-state index >= 15 is 0 Å². The molecule has 0 fully saturated rings. The van der Waals surface area contributed by atoms with Gasteiger partial charge in [-0.3, -0.25) is 5.10 Å². The number of aromatic nitrogens is 5. The molecule has 0 unspecified atom stereocenters. The quantitative estimate of drug-likeness (QED) is 0.726. The van der Waals surface area contributed by atoms with Crippen molar-refractivity contribution in [2.24, 2.45) is 0 Å². The number of hydrogen-bond donors (Lipinski definition) is 1. The monoisotopic (exact) mass is 195 g/mol. The normalized spacial score (nSPS) is 10.2. The van der Waals surface area contributed by atoms with Crippen LogP contribution in [0.1, 0.15) is 5.82 Å². The first-order chi connectivity index (χ1) is 6.40. The Morgan fingerprint density at radius 2 is 2.38 bits per heavy atom. The van der Waals surface area contributed by atoms with Crippen molar-refractivity contribution in [1.29, 1.82) is 0 Å². The van der Waals surface area contributed by atoms with E-state index < -0.39 is 0 Å². The van der Waals surface area contributed by atoms with Crippen LogP contribution in [0.15, 0.2) is 18.6 Å². The molecule has 1 N–H and O–H groups in total. The van der Waals surface area contributed by atoms with Crippen LogP contribution in [-0.2, 0) is 5.88 Å². The van der Waals surface area contributed by atoms with Gasteiger partial charge in [-0.05, 0) is 6.07 Å². The Balaban J connectivity index is 2.36. The summed E-state index contributed by atoms with van der Waals surface area (Å²) in [6, 6.07) is 1.74. The Hall–Kier alpha value is -1.49. The smallest absolute Gasteiger partial charge is 0.199 e. The summed E-state index contributed by atoms with van der Waals surface area (Å²) >= 11 is 5.56. The van der Waals surface area contributed by atoms with Gasteiger partial charge in [-0.1, -0.05) is 0 Å². The molecule has 6 heteroatoms. The third-order valence-electron chi connectivity index (χ3n) is 1.47. The zero-order chi connectivity index (χ0) is 9.10. The second-order valence-electron chi connectivity index (χ2n) is 2.33. The first-order valence-electron chi connectivity index (χ1n) is 3.64. The SMILES string of the molecule is ClCc1nc(-c2ccncn2)n[nH]1. The lowest BCUT2D eigenvalue weighted by Crippen LogP contribution is -1.85. The predicted molar refractivity (Wildman–Crippen MR) is 47.0 cm³/mol. The molecular formula is C7H6ClN5. The number of hydrogen-bond acceptors (Lipinski definition) is 4. The van der Waals surface area contributed by atoms with E-state index in [9.17, 15) is 0 Å². The molecule has 13 heavy (non-hydrogen) atoms. The fourth-order valence-corrected chi connectivity index (χ4v) is 1.01. The molecule has 0 bridgehead atoms. The zero-order valence-electron chi connectivity index (χ0n) is 6.61. The molecule has 0 saturated heterocycles. The fourth-order valence-electron chi connectivity index (χ4n) is 0.893. The van der Waals surface area contributed by atoms with Crippen molar-refractivity contribution in [2.75, 3.05) is 0 Å². The van der Waals surface area contributed by atoms with Crippen LogP contribution >= 0.6 is 11.6 Å². The van der Waals surface area contributed by atoms with Gasteiger partial charge in [-0.15, -0.1) is 11.6 Å². The van der Waals surface area contributed by atoms with Crippen LogP contribution in [0.3, 0.4) is 0 Å². The summed E-state index contributed by atoms with van der Waals surface area (Å²) in [6.07, 6.45) is 3.09. The topological polar surface area (TPSA) is 67.3 Å². The Bertz CT molecular complexity index is 385. The van der Waals surface area contributed by atoms with Gasteiger partial charge in [-0.2, -0.15) is 5.10 Å². The van der Waals surface area contributed by atoms with Crippen molar-refractivity contribution in [3.63, 3.8) is 0 Å². The van der Waals surface area contributed by atoms with Gasteiger partial charge < -0.3 is 0 Å². The maximum absolute atomic E-state index is 5.56. The summed E-state index contributed by atoms with van der Waals surface area (Å²) in [7, 11) is 0. The van der Waals surface area contributed by atoms with E-state index in [0.717, 1.165) is 0 Å². The molecule has 5 nitrogen and oxygen atoms in total. The number of nitrogens with zero attached hydrogens (tertiary/aromatic N) is 4. The van der Waals surface area contributed by atoms with Crippen LogP contribution in [0, 0.1) is 0 Å². The Morgan fingerprint density at radius 1 is 1.46 bits per heavy atom. The van der Waals surface area contributed by atoms with Gasteiger partial charge in [0.2, 0.25) is 0 Å². The van der Waals surface area contributed by atoms with Crippen LogP contribution in [0.4, 0.5) is 0 Å². The molecule has 0 aromatic carbocycles. The number of nitrogens with one attached hydrogen (secondary N) is 1. The van der Waals surface area contributed by atoms with Crippen molar-refractivity contribution in [2.45, 2.75) is 5.88 Å². The largest absolute Gasteiger partial charge is 0.262 e. The third kappa shape index (κ3) is 1.65. The second kappa shape index (κ2) is 3.49. The molecule has 0 amide bonds. The maximum atomic E-state index is 5.56. The van der Waals surface area contributed by atoms with Crippen LogP contribution in [-0.4, -0.2) is 25.1 Å². The van der Waals surface area contributed by atoms with Gasteiger partial charge in [0.15, 0.2) is 5.82 Å². The minimum Gasteiger partial charge on any atom is -0.262 e. The Morgan fingerprint density at radius 3 is 3.00 bits per heavy atom. The van der Waals surface area contributed by atoms with Crippen molar-refractivity contribution < 1.29 is 0 Å². The summed E-state index contributed by atoms with van der Waals surface area (Å²) in [4.78, 5) is 11.9.